The summed E-state index contributed by atoms with van der Waals surface area (Å²) in [6.45, 7) is 1.91. The molecule has 0 unspecified atom stereocenters. The average molecular weight is 554 g/mol. The first kappa shape index (κ1) is 26.7. The van der Waals surface area contributed by atoms with Gasteiger partial charge in [0.2, 0.25) is 5.91 Å². The minimum absolute atomic E-state index is 0.0219. The first-order valence-electron chi connectivity index (χ1n) is 14.3. The van der Waals surface area contributed by atoms with Crippen LogP contribution in [0.5, 0.6) is 17.2 Å². The molecule has 212 valence electrons. The van der Waals surface area contributed by atoms with E-state index >= 15 is 0 Å². The van der Waals surface area contributed by atoms with Gasteiger partial charge in [0.15, 0.2) is 11.5 Å². The minimum Gasteiger partial charge on any atom is -0.493 e. The number of nitrogens with one attached hydrogen (secondary N) is 2. The molecular formula is C33H35N3O5. The van der Waals surface area contributed by atoms with Gasteiger partial charge in [-0.25, -0.2) is 0 Å². The van der Waals surface area contributed by atoms with Crippen LogP contribution < -0.4 is 19.5 Å². The molecule has 0 spiro atoms. The van der Waals surface area contributed by atoms with Crippen molar-refractivity contribution in [3.05, 3.63) is 88.6 Å². The van der Waals surface area contributed by atoms with Crippen LogP contribution in [0.3, 0.4) is 0 Å². The zero-order valence-corrected chi connectivity index (χ0v) is 23.3. The molecule has 6 rings (SSSR count). The fourth-order valence-corrected chi connectivity index (χ4v) is 5.76. The van der Waals surface area contributed by atoms with E-state index in [1.54, 1.807) is 18.1 Å². The van der Waals surface area contributed by atoms with Crippen LogP contribution in [0.4, 0.5) is 0 Å². The maximum Gasteiger partial charge on any atom is 0.254 e. The van der Waals surface area contributed by atoms with Crippen LogP contribution in [-0.4, -0.2) is 61.7 Å². The third-order valence-electron chi connectivity index (χ3n) is 7.82. The molecule has 2 amide bonds. The largest absolute Gasteiger partial charge is 0.493 e. The molecule has 41 heavy (non-hydrogen) atoms. The smallest absolute Gasteiger partial charge is 0.254 e. The molecule has 0 radical (unpaired) electrons. The Labute approximate surface area is 239 Å². The third-order valence-corrected chi connectivity index (χ3v) is 7.82. The number of nitrogens with zero attached hydrogens (tertiary/aromatic N) is 1. The van der Waals surface area contributed by atoms with Crippen molar-refractivity contribution in [2.45, 2.75) is 32.1 Å². The number of para-hydroxylation sites is 1. The second-order valence-electron chi connectivity index (χ2n) is 10.6. The normalized spacial score (nSPS) is 16.1. The van der Waals surface area contributed by atoms with Crippen molar-refractivity contribution in [1.29, 1.82) is 0 Å². The SMILES string of the molecule is COc1ccc2cc1OCCCN(C(=O)c1ccc3c(c1)CCCO3)CC(=O)NCCc1c([nH]c3ccccc13)C2. The van der Waals surface area contributed by atoms with Gasteiger partial charge in [-0.1, -0.05) is 24.3 Å². The number of aromatic amines is 1. The summed E-state index contributed by atoms with van der Waals surface area (Å²) in [7, 11) is 1.63. The van der Waals surface area contributed by atoms with Gasteiger partial charge in [-0.2, -0.15) is 0 Å². The summed E-state index contributed by atoms with van der Waals surface area (Å²) >= 11 is 0. The number of H-pyrrole nitrogens is 1. The number of aromatic nitrogens is 1. The number of ether oxygens (including phenoxy) is 3. The van der Waals surface area contributed by atoms with Crippen LogP contribution in [0.15, 0.2) is 60.7 Å². The van der Waals surface area contributed by atoms with Gasteiger partial charge in [0, 0.05) is 41.7 Å². The molecule has 2 N–H and O–H groups in total. The number of carbonyl (C=O) groups is 2. The van der Waals surface area contributed by atoms with Gasteiger partial charge >= 0.3 is 0 Å². The van der Waals surface area contributed by atoms with E-state index in [9.17, 15) is 9.59 Å². The van der Waals surface area contributed by atoms with Crippen molar-refractivity contribution in [3.8, 4) is 17.2 Å². The molecule has 2 aliphatic rings. The van der Waals surface area contributed by atoms with Crippen LogP contribution in [0.25, 0.3) is 10.9 Å². The second-order valence-corrected chi connectivity index (χ2v) is 10.6. The highest BCUT2D eigenvalue weighted by molar-refractivity contribution is 5.97. The van der Waals surface area contributed by atoms with Crippen molar-refractivity contribution in [1.82, 2.24) is 15.2 Å². The first-order valence-corrected chi connectivity index (χ1v) is 14.3. The number of aryl methyl sites for hydroxylation is 1. The lowest BCUT2D eigenvalue weighted by molar-refractivity contribution is -0.121. The lowest BCUT2D eigenvalue weighted by Gasteiger charge is -2.24. The summed E-state index contributed by atoms with van der Waals surface area (Å²) in [5, 5.41) is 4.20. The minimum atomic E-state index is -0.180. The Balaban J connectivity index is 1.28. The highest BCUT2D eigenvalue weighted by Gasteiger charge is 2.22. The molecule has 4 aromatic rings. The zero-order valence-electron chi connectivity index (χ0n) is 23.3. The number of carbonyl (C=O) groups excluding carboxylic acids is 2. The van der Waals surface area contributed by atoms with Gasteiger partial charge < -0.3 is 29.4 Å². The molecular weight excluding hydrogens is 518 g/mol. The molecule has 8 heteroatoms. The van der Waals surface area contributed by atoms with Crippen LogP contribution in [0, 0.1) is 0 Å². The topological polar surface area (TPSA) is 92.9 Å². The fourth-order valence-electron chi connectivity index (χ4n) is 5.76. The van der Waals surface area contributed by atoms with E-state index in [4.69, 9.17) is 14.2 Å². The van der Waals surface area contributed by atoms with Crippen molar-refractivity contribution in [2.24, 2.45) is 0 Å². The number of benzene rings is 3. The quantitative estimate of drug-likeness (QED) is 0.376. The van der Waals surface area contributed by atoms with Gasteiger partial charge in [0.1, 0.15) is 5.75 Å². The summed E-state index contributed by atoms with van der Waals surface area (Å²) in [5.74, 6) is 1.81. The van der Waals surface area contributed by atoms with Crippen molar-refractivity contribution < 1.29 is 23.8 Å². The monoisotopic (exact) mass is 553 g/mol. The number of hydrogen-bond acceptors (Lipinski definition) is 5. The third kappa shape index (κ3) is 5.87. The van der Waals surface area contributed by atoms with Gasteiger partial charge in [0.05, 0.1) is 26.9 Å². The second kappa shape index (κ2) is 12.0. The number of fused-ring (bicyclic) bond motifs is 6. The summed E-state index contributed by atoms with van der Waals surface area (Å²) in [5.41, 5.74) is 6.05. The Morgan fingerprint density at radius 1 is 0.951 bits per heavy atom. The molecule has 0 saturated heterocycles. The molecule has 1 aromatic heterocycles. The Bertz CT molecular complexity index is 1580. The van der Waals surface area contributed by atoms with E-state index in [2.05, 4.69) is 28.5 Å². The highest BCUT2D eigenvalue weighted by atomic mass is 16.5. The van der Waals surface area contributed by atoms with Crippen LogP contribution in [-0.2, 0) is 24.1 Å². The van der Waals surface area contributed by atoms with Crippen molar-refractivity contribution >= 4 is 22.7 Å². The van der Waals surface area contributed by atoms with Crippen molar-refractivity contribution in [3.63, 3.8) is 0 Å². The van der Waals surface area contributed by atoms with Crippen LogP contribution >= 0.6 is 0 Å². The summed E-state index contributed by atoms with van der Waals surface area (Å²) in [6.07, 6.45) is 3.74. The van der Waals surface area contributed by atoms with E-state index in [0.29, 0.717) is 62.6 Å². The lowest BCUT2D eigenvalue weighted by atomic mass is 10.0. The van der Waals surface area contributed by atoms with Gasteiger partial charge in [0.25, 0.3) is 5.91 Å². The maximum atomic E-state index is 13.6. The molecule has 0 fully saturated rings. The molecule has 3 heterocycles. The van der Waals surface area contributed by atoms with E-state index < -0.39 is 0 Å². The molecule has 3 aromatic carbocycles. The summed E-state index contributed by atoms with van der Waals surface area (Å²) < 4.78 is 17.4. The lowest BCUT2D eigenvalue weighted by Crippen LogP contribution is -2.42. The van der Waals surface area contributed by atoms with Crippen molar-refractivity contribution in [2.75, 3.05) is 40.0 Å². The van der Waals surface area contributed by atoms with E-state index in [-0.39, 0.29) is 18.4 Å². The fraction of sp³-hybridized carbons (Fsp3) is 0.333. The Morgan fingerprint density at radius 3 is 2.71 bits per heavy atom. The van der Waals surface area contributed by atoms with Gasteiger partial charge in [-0.05, 0) is 78.8 Å². The van der Waals surface area contributed by atoms with Crippen LogP contribution in [0.1, 0.15) is 45.6 Å². The predicted octanol–water partition coefficient (Wildman–Crippen LogP) is 4.68. The van der Waals surface area contributed by atoms with E-state index in [1.165, 1.54) is 5.56 Å². The molecule has 0 saturated carbocycles. The number of rotatable bonds is 2. The molecule has 2 bridgehead atoms. The highest BCUT2D eigenvalue weighted by Crippen LogP contribution is 2.31. The molecule has 0 aliphatic carbocycles. The Kier molecular flexibility index (Phi) is 7.80. The first-order chi connectivity index (χ1) is 20.1. The average Bonchev–Trinajstić information content (AvgIpc) is 3.34. The predicted molar refractivity (Wildman–Crippen MR) is 157 cm³/mol. The van der Waals surface area contributed by atoms with E-state index in [0.717, 1.165) is 46.3 Å². The summed E-state index contributed by atoms with van der Waals surface area (Å²) in [4.78, 5) is 31.9. The molecule has 2 aliphatic heterocycles. The van der Waals surface area contributed by atoms with Gasteiger partial charge in [-0.3, -0.25) is 9.59 Å². The van der Waals surface area contributed by atoms with E-state index in [1.807, 2.05) is 36.4 Å². The maximum absolute atomic E-state index is 13.6. The number of hydrogen-bond donors (Lipinski definition) is 2. The number of amides is 2. The van der Waals surface area contributed by atoms with Gasteiger partial charge in [-0.15, -0.1) is 0 Å². The Morgan fingerprint density at radius 2 is 1.80 bits per heavy atom. The van der Waals surface area contributed by atoms with Crippen LogP contribution in [0.2, 0.25) is 0 Å². The number of methoxy groups -OCH3 is 1. The Hall–Kier alpha value is -4.46. The standard InChI is InChI=1S/C33H35N3O5/c1-39-30-11-9-22-18-28-26(25-7-2-3-8-27(25)35-28)13-14-34-32(37)21-36(15-5-17-41-31(30)19-22)33(38)24-10-12-29-23(20-24)6-4-16-40-29/h2-3,7-12,19-20,35H,4-6,13-18,21H2,1H3,(H,34,37). The molecule has 0 atom stereocenters. The summed E-state index contributed by atoms with van der Waals surface area (Å²) in [6, 6.07) is 19.8. The molecule has 8 nitrogen and oxygen atoms in total. The zero-order chi connectivity index (χ0) is 28.2.